The van der Waals surface area contributed by atoms with Gasteiger partial charge in [0.1, 0.15) is 22.8 Å². The topological polar surface area (TPSA) is 18.5 Å². The van der Waals surface area contributed by atoms with E-state index in [9.17, 15) is 0 Å². The lowest BCUT2D eigenvalue weighted by atomic mass is 10.2. The summed E-state index contributed by atoms with van der Waals surface area (Å²) < 4.78 is 11.4. The van der Waals surface area contributed by atoms with E-state index in [0.29, 0.717) is 21.5 Å². The highest BCUT2D eigenvalue weighted by Gasteiger charge is 2.11. The van der Waals surface area contributed by atoms with E-state index in [4.69, 9.17) is 32.7 Å². The van der Waals surface area contributed by atoms with E-state index in [1.165, 1.54) is 0 Å². The Morgan fingerprint density at radius 1 is 0.750 bits per heavy atom. The quantitative estimate of drug-likeness (QED) is 0.696. The van der Waals surface area contributed by atoms with Gasteiger partial charge in [-0.2, -0.15) is 0 Å². The number of hydrogen-bond acceptors (Lipinski definition) is 2. The van der Waals surface area contributed by atoms with Gasteiger partial charge in [-0.3, -0.25) is 0 Å². The molecular weight excluding hydrogens is 295 g/mol. The van der Waals surface area contributed by atoms with Gasteiger partial charge in [-0.25, -0.2) is 0 Å². The summed E-state index contributed by atoms with van der Waals surface area (Å²) in [7, 11) is 0. The molecular formula is C16H16Cl2O2. The molecule has 0 aromatic heterocycles. The fourth-order valence-electron chi connectivity index (χ4n) is 1.61. The Morgan fingerprint density at radius 3 is 1.85 bits per heavy atom. The maximum atomic E-state index is 5.95. The molecule has 0 radical (unpaired) electrons. The van der Waals surface area contributed by atoms with Crippen molar-refractivity contribution in [3.8, 4) is 17.2 Å². The Bertz CT molecular complexity index is 586. The van der Waals surface area contributed by atoms with Crippen LogP contribution in [0.25, 0.3) is 0 Å². The highest BCUT2D eigenvalue weighted by atomic mass is 35.5. The number of benzene rings is 2. The third kappa shape index (κ3) is 4.32. The molecule has 0 saturated carbocycles. The molecule has 2 rings (SSSR count). The van der Waals surface area contributed by atoms with Crippen LogP contribution in [0.15, 0.2) is 42.5 Å². The van der Waals surface area contributed by atoms with Crippen molar-refractivity contribution >= 4 is 23.2 Å². The summed E-state index contributed by atoms with van der Waals surface area (Å²) in [6.45, 7) is 6.02. The zero-order valence-corrected chi connectivity index (χ0v) is 13.1. The lowest BCUT2D eigenvalue weighted by Gasteiger charge is -2.21. The SMILES string of the molecule is CC(C)(C)Oc1ccc(Oc2ccc(Cl)c(Cl)c2)cc1. The smallest absolute Gasteiger partial charge is 0.129 e. The van der Waals surface area contributed by atoms with Crippen molar-refractivity contribution in [3.05, 3.63) is 52.5 Å². The van der Waals surface area contributed by atoms with E-state index < -0.39 is 0 Å². The van der Waals surface area contributed by atoms with Gasteiger partial charge in [0.2, 0.25) is 0 Å². The predicted octanol–water partition coefficient (Wildman–Crippen LogP) is 5.96. The molecule has 0 amide bonds. The molecule has 2 nitrogen and oxygen atoms in total. The second kappa shape index (κ2) is 5.94. The molecule has 106 valence electrons. The Kier molecular flexibility index (Phi) is 4.46. The van der Waals surface area contributed by atoms with Crippen LogP contribution in [0.1, 0.15) is 20.8 Å². The molecule has 0 spiro atoms. The number of ether oxygens (including phenoxy) is 2. The van der Waals surface area contributed by atoms with E-state index in [0.717, 1.165) is 5.75 Å². The van der Waals surface area contributed by atoms with Crippen LogP contribution in [0.4, 0.5) is 0 Å². The lowest BCUT2D eigenvalue weighted by molar-refractivity contribution is 0.131. The monoisotopic (exact) mass is 310 g/mol. The van der Waals surface area contributed by atoms with Crippen molar-refractivity contribution in [1.29, 1.82) is 0 Å². The first-order chi connectivity index (χ1) is 9.33. The van der Waals surface area contributed by atoms with Crippen molar-refractivity contribution in [3.63, 3.8) is 0 Å². The highest BCUT2D eigenvalue weighted by Crippen LogP contribution is 2.30. The van der Waals surface area contributed by atoms with E-state index in [-0.39, 0.29) is 5.60 Å². The highest BCUT2D eigenvalue weighted by molar-refractivity contribution is 6.42. The molecule has 2 aromatic rings. The first-order valence-electron chi connectivity index (χ1n) is 6.25. The summed E-state index contributed by atoms with van der Waals surface area (Å²) in [5, 5.41) is 0.977. The molecule has 0 aliphatic heterocycles. The molecule has 0 N–H and O–H groups in total. The molecule has 0 aliphatic carbocycles. The first-order valence-corrected chi connectivity index (χ1v) is 7.01. The van der Waals surface area contributed by atoms with Gasteiger partial charge in [0.15, 0.2) is 0 Å². The van der Waals surface area contributed by atoms with Gasteiger partial charge in [-0.15, -0.1) is 0 Å². The summed E-state index contributed by atoms with van der Waals surface area (Å²) in [6, 6.07) is 12.6. The minimum absolute atomic E-state index is 0.216. The standard InChI is InChI=1S/C16H16Cl2O2/c1-16(2,3)20-12-6-4-11(5-7-12)19-13-8-9-14(17)15(18)10-13/h4-10H,1-3H3. The normalized spacial score (nSPS) is 11.2. The fourth-order valence-corrected chi connectivity index (χ4v) is 1.89. The number of rotatable bonds is 3. The Hall–Kier alpha value is -1.38. The van der Waals surface area contributed by atoms with Gasteiger partial charge < -0.3 is 9.47 Å². The largest absolute Gasteiger partial charge is 0.488 e. The maximum absolute atomic E-state index is 5.95. The molecule has 4 heteroatoms. The van der Waals surface area contributed by atoms with Crippen molar-refractivity contribution in [2.75, 3.05) is 0 Å². The second-order valence-electron chi connectivity index (χ2n) is 5.36. The average molecular weight is 311 g/mol. The fraction of sp³-hybridized carbons (Fsp3) is 0.250. The molecule has 0 aliphatic rings. The summed E-state index contributed by atoms with van der Waals surface area (Å²) in [4.78, 5) is 0. The summed E-state index contributed by atoms with van der Waals surface area (Å²) in [5.74, 6) is 2.16. The maximum Gasteiger partial charge on any atom is 0.129 e. The first kappa shape index (κ1) is 15.0. The molecule has 0 atom stereocenters. The summed E-state index contributed by atoms with van der Waals surface area (Å²) in [6.07, 6.45) is 0. The zero-order chi connectivity index (χ0) is 14.8. The van der Waals surface area contributed by atoms with Crippen LogP contribution >= 0.6 is 23.2 Å². The molecule has 0 heterocycles. The molecule has 2 aromatic carbocycles. The molecule has 20 heavy (non-hydrogen) atoms. The van der Waals surface area contributed by atoms with Crippen LogP contribution in [0.5, 0.6) is 17.2 Å². The predicted molar refractivity (Wildman–Crippen MR) is 83.4 cm³/mol. The minimum Gasteiger partial charge on any atom is -0.488 e. The van der Waals surface area contributed by atoms with E-state index in [1.807, 2.05) is 45.0 Å². The molecule has 0 unspecified atom stereocenters. The van der Waals surface area contributed by atoms with Gasteiger partial charge in [-0.1, -0.05) is 23.2 Å². The third-order valence-electron chi connectivity index (χ3n) is 2.37. The summed E-state index contributed by atoms with van der Waals surface area (Å²) in [5.41, 5.74) is -0.216. The van der Waals surface area contributed by atoms with Gasteiger partial charge in [0.05, 0.1) is 10.0 Å². The van der Waals surface area contributed by atoms with Crippen LogP contribution in [0.2, 0.25) is 10.0 Å². The molecule has 0 fully saturated rings. The van der Waals surface area contributed by atoms with Crippen LogP contribution in [-0.2, 0) is 0 Å². The van der Waals surface area contributed by atoms with E-state index in [2.05, 4.69) is 0 Å². The van der Waals surface area contributed by atoms with Crippen LogP contribution in [-0.4, -0.2) is 5.60 Å². The number of hydrogen-bond donors (Lipinski definition) is 0. The van der Waals surface area contributed by atoms with Crippen molar-refractivity contribution < 1.29 is 9.47 Å². The average Bonchev–Trinajstić information content (AvgIpc) is 2.35. The second-order valence-corrected chi connectivity index (χ2v) is 6.18. The lowest BCUT2D eigenvalue weighted by Crippen LogP contribution is -2.22. The van der Waals surface area contributed by atoms with Gasteiger partial charge >= 0.3 is 0 Å². The zero-order valence-electron chi connectivity index (χ0n) is 11.6. The minimum atomic E-state index is -0.216. The van der Waals surface area contributed by atoms with Gasteiger partial charge in [-0.05, 0) is 57.2 Å². The van der Waals surface area contributed by atoms with Crippen molar-refractivity contribution in [2.24, 2.45) is 0 Å². The van der Waals surface area contributed by atoms with Crippen LogP contribution in [0, 0.1) is 0 Å². The van der Waals surface area contributed by atoms with Crippen molar-refractivity contribution in [2.45, 2.75) is 26.4 Å². The van der Waals surface area contributed by atoms with Gasteiger partial charge in [0.25, 0.3) is 0 Å². The Morgan fingerprint density at radius 2 is 1.30 bits per heavy atom. The van der Waals surface area contributed by atoms with Crippen LogP contribution < -0.4 is 9.47 Å². The van der Waals surface area contributed by atoms with E-state index in [1.54, 1.807) is 18.2 Å². The Balaban J connectivity index is 2.08. The summed E-state index contributed by atoms with van der Waals surface area (Å²) >= 11 is 11.8. The molecule has 0 bridgehead atoms. The number of halogens is 2. The molecule has 0 saturated heterocycles. The Labute approximate surface area is 129 Å². The third-order valence-corrected chi connectivity index (χ3v) is 3.11. The van der Waals surface area contributed by atoms with Crippen molar-refractivity contribution in [1.82, 2.24) is 0 Å². The van der Waals surface area contributed by atoms with Gasteiger partial charge in [0, 0.05) is 6.07 Å². The van der Waals surface area contributed by atoms with E-state index >= 15 is 0 Å². The van der Waals surface area contributed by atoms with Crippen LogP contribution in [0.3, 0.4) is 0 Å².